The number of rotatable bonds is 8. The topological polar surface area (TPSA) is 21.8 Å². The molecule has 0 radical (unpaired) electrons. The maximum absolute atomic E-state index is 3.40. The number of piperazine rings is 1. The Morgan fingerprint density at radius 2 is 1.59 bits per heavy atom. The number of nitrogens with one attached hydrogen (secondary N) is 1. The van der Waals surface area contributed by atoms with Gasteiger partial charge in [0.15, 0.2) is 0 Å². The average molecular weight is 242 g/mol. The molecule has 0 atom stereocenters. The molecule has 1 fully saturated rings. The summed E-state index contributed by atoms with van der Waals surface area (Å²) in [7, 11) is 6.53. The monoisotopic (exact) mass is 242 g/mol. The van der Waals surface area contributed by atoms with Crippen LogP contribution in [0.1, 0.15) is 12.8 Å². The second kappa shape index (κ2) is 8.86. The fraction of sp³-hybridized carbons (Fsp3) is 1.00. The molecule has 0 saturated carbocycles. The van der Waals surface area contributed by atoms with Crippen LogP contribution in [0.5, 0.6) is 0 Å². The Kier molecular flexibility index (Phi) is 7.77. The van der Waals surface area contributed by atoms with Crippen molar-refractivity contribution in [2.75, 3.05) is 73.5 Å². The van der Waals surface area contributed by atoms with Gasteiger partial charge in [0.1, 0.15) is 0 Å². The van der Waals surface area contributed by atoms with Crippen LogP contribution >= 0.6 is 0 Å². The lowest BCUT2D eigenvalue weighted by atomic mass is 10.3. The molecule has 1 saturated heterocycles. The Bertz CT molecular complexity index is 178. The van der Waals surface area contributed by atoms with Crippen LogP contribution in [0.15, 0.2) is 0 Å². The Hall–Kier alpha value is -0.160. The van der Waals surface area contributed by atoms with Gasteiger partial charge < -0.3 is 20.0 Å². The van der Waals surface area contributed by atoms with E-state index in [1.165, 1.54) is 65.2 Å². The van der Waals surface area contributed by atoms with Crippen molar-refractivity contribution in [3.63, 3.8) is 0 Å². The molecule has 0 bridgehead atoms. The zero-order valence-corrected chi connectivity index (χ0v) is 11.9. The molecule has 1 aliphatic rings. The number of hydrogen-bond acceptors (Lipinski definition) is 4. The van der Waals surface area contributed by atoms with E-state index in [4.69, 9.17) is 0 Å². The second-order valence-corrected chi connectivity index (χ2v) is 5.41. The van der Waals surface area contributed by atoms with Crippen LogP contribution in [0.25, 0.3) is 0 Å². The van der Waals surface area contributed by atoms with E-state index in [0.717, 1.165) is 0 Å². The first-order chi connectivity index (χ1) is 8.18. The van der Waals surface area contributed by atoms with Gasteiger partial charge in [0.2, 0.25) is 0 Å². The van der Waals surface area contributed by atoms with E-state index in [0.29, 0.717) is 0 Å². The third-order valence-corrected chi connectivity index (χ3v) is 3.37. The van der Waals surface area contributed by atoms with E-state index in [1.54, 1.807) is 0 Å². The van der Waals surface area contributed by atoms with Gasteiger partial charge in [-0.15, -0.1) is 0 Å². The highest BCUT2D eigenvalue weighted by atomic mass is 15.2. The minimum absolute atomic E-state index is 1.17. The van der Waals surface area contributed by atoms with Gasteiger partial charge in [0.05, 0.1) is 0 Å². The third-order valence-electron chi connectivity index (χ3n) is 3.37. The van der Waals surface area contributed by atoms with E-state index in [2.05, 4.69) is 41.2 Å². The zero-order chi connectivity index (χ0) is 12.5. The van der Waals surface area contributed by atoms with Crippen molar-refractivity contribution in [1.82, 2.24) is 20.0 Å². The molecule has 0 amide bonds. The van der Waals surface area contributed by atoms with Crippen LogP contribution in [0.4, 0.5) is 0 Å². The lowest BCUT2D eigenvalue weighted by Crippen LogP contribution is -2.44. The summed E-state index contributed by atoms with van der Waals surface area (Å²) in [5.41, 5.74) is 0. The zero-order valence-electron chi connectivity index (χ0n) is 11.9. The summed E-state index contributed by atoms with van der Waals surface area (Å²) in [6.07, 6.45) is 2.58. The largest absolute Gasteiger partial charge is 0.314 e. The van der Waals surface area contributed by atoms with Crippen molar-refractivity contribution < 1.29 is 0 Å². The van der Waals surface area contributed by atoms with Crippen LogP contribution in [-0.2, 0) is 0 Å². The lowest BCUT2D eigenvalue weighted by molar-refractivity contribution is 0.219. The molecule has 0 unspecified atom stereocenters. The summed E-state index contributed by atoms with van der Waals surface area (Å²) in [5.74, 6) is 0. The van der Waals surface area contributed by atoms with Gasteiger partial charge >= 0.3 is 0 Å². The lowest BCUT2D eigenvalue weighted by Gasteiger charge is -2.28. The number of nitrogens with zero attached hydrogens (tertiary/aromatic N) is 3. The van der Waals surface area contributed by atoms with E-state index in [1.807, 2.05) is 0 Å². The first-order valence-electron chi connectivity index (χ1n) is 6.95. The minimum atomic E-state index is 1.17. The van der Waals surface area contributed by atoms with Gasteiger partial charge in [0, 0.05) is 26.2 Å². The molecule has 102 valence electrons. The molecule has 1 rings (SSSR count). The molecular formula is C13H30N4. The van der Waals surface area contributed by atoms with Crippen molar-refractivity contribution in [1.29, 1.82) is 0 Å². The van der Waals surface area contributed by atoms with Crippen LogP contribution in [0, 0.1) is 0 Å². The van der Waals surface area contributed by atoms with E-state index in [9.17, 15) is 0 Å². The molecule has 0 aliphatic carbocycles. The van der Waals surface area contributed by atoms with Crippen molar-refractivity contribution in [3.8, 4) is 0 Å². The SMILES string of the molecule is CN(C)CCCN(C)CCCN1CCNCC1. The van der Waals surface area contributed by atoms with Crippen molar-refractivity contribution >= 4 is 0 Å². The predicted octanol–water partition coefficient (Wildman–Crippen LogP) is 0.165. The van der Waals surface area contributed by atoms with E-state index < -0.39 is 0 Å². The van der Waals surface area contributed by atoms with Gasteiger partial charge in [-0.3, -0.25) is 0 Å². The van der Waals surface area contributed by atoms with Crippen molar-refractivity contribution in [3.05, 3.63) is 0 Å². The summed E-state index contributed by atoms with van der Waals surface area (Å²) >= 11 is 0. The second-order valence-electron chi connectivity index (χ2n) is 5.41. The van der Waals surface area contributed by atoms with Crippen LogP contribution in [-0.4, -0.2) is 88.2 Å². The first kappa shape index (κ1) is 14.9. The van der Waals surface area contributed by atoms with Crippen molar-refractivity contribution in [2.24, 2.45) is 0 Å². The molecule has 0 aromatic carbocycles. The summed E-state index contributed by atoms with van der Waals surface area (Å²) < 4.78 is 0. The van der Waals surface area contributed by atoms with E-state index >= 15 is 0 Å². The average Bonchev–Trinajstić information content (AvgIpc) is 2.30. The molecule has 1 aliphatic heterocycles. The molecule has 0 aromatic rings. The summed E-state index contributed by atoms with van der Waals surface area (Å²) in [6.45, 7) is 9.70. The molecule has 1 N–H and O–H groups in total. The third kappa shape index (κ3) is 7.71. The van der Waals surface area contributed by atoms with Crippen LogP contribution in [0.3, 0.4) is 0 Å². The Morgan fingerprint density at radius 3 is 2.24 bits per heavy atom. The van der Waals surface area contributed by atoms with Gasteiger partial charge in [-0.25, -0.2) is 0 Å². The minimum Gasteiger partial charge on any atom is -0.314 e. The van der Waals surface area contributed by atoms with Gasteiger partial charge in [-0.05, 0) is 60.2 Å². The first-order valence-corrected chi connectivity index (χ1v) is 6.95. The maximum Gasteiger partial charge on any atom is 0.0107 e. The molecule has 0 spiro atoms. The highest BCUT2D eigenvalue weighted by molar-refractivity contribution is 4.67. The summed E-state index contributed by atoms with van der Waals surface area (Å²) in [6, 6.07) is 0. The quantitative estimate of drug-likeness (QED) is 0.655. The highest BCUT2D eigenvalue weighted by Crippen LogP contribution is 1.97. The fourth-order valence-electron chi connectivity index (χ4n) is 2.27. The van der Waals surface area contributed by atoms with Gasteiger partial charge in [-0.2, -0.15) is 0 Å². The Balaban J connectivity index is 1.93. The number of hydrogen-bond donors (Lipinski definition) is 1. The normalized spacial score (nSPS) is 18.2. The molecule has 4 heteroatoms. The maximum atomic E-state index is 3.40. The summed E-state index contributed by atoms with van der Waals surface area (Å²) in [5, 5.41) is 3.40. The van der Waals surface area contributed by atoms with Crippen LogP contribution < -0.4 is 5.32 Å². The molecule has 1 heterocycles. The highest BCUT2D eigenvalue weighted by Gasteiger charge is 2.08. The van der Waals surface area contributed by atoms with E-state index in [-0.39, 0.29) is 0 Å². The fourth-order valence-corrected chi connectivity index (χ4v) is 2.27. The predicted molar refractivity (Wildman–Crippen MR) is 74.6 cm³/mol. The Morgan fingerprint density at radius 1 is 0.941 bits per heavy atom. The molecule has 0 aromatic heterocycles. The molecule has 4 nitrogen and oxygen atoms in total. The van der Waals surface area contributed by atoms with Gasteiger partial charge in [0.25, 0.3) is 0 Å². The standard InChI is InChI=1S/C13H30N4/c1-15(2)8-4-9-16(3)10-5-11-17-12-6-14-7-13-17/h14H,4-13H2,1-3H3. The van der Waals surface area contributed by atoms with Gasteiger partial charge in [-0.1, -0.05) is 0 Å². The Labute approximate surface area is 107 Å². The smallest absolute Gasteiger partial charge is 0.0107 e. The van der Waals surface area contributed by atoms with Crippen LogP contribution in [0.2, 0.25) is 0 Å². The summed E-state index contributed by atoms with van der Waals surface area (Å²) in [4.78, 5) is 7.30. The molecular weight excluding hydrogens is 212 g/mol. The van der Waals surface area contributed by atoms with Crippen molar-refractivity contribution in [2.45, 2.75) is 12.8 Å². The molecule has 17 heavy (non-hydrogen) atoms.